The Hall–Kier alpha value is -4.31. The number of carbonyl (C=O) groups is 1. The minimum Gasteiger partial charge on any atom is -0.465 e. The smallest absolute Gasteiger partial charge is 0.337 e. The van der Waals surface area contributed by atoms with Crippen LogP contribution in [0, 0.1) is 18.3 Å². The Balaban J connectivity index is 1.81. The van der Waals surface area contributed by atoms with Crippen molar-refractivity contribution in [3.8, 4) is 11.8 Å². The number of methoxy groups -OCH3 is 1. The molecule has 1 unspecified atom stereocenters. The molecule has 7 heteroatoms. The van der Waals surface area contributed by atoms with Gasteiger partial charge in [-0.3, -0.25) is 4.79 Å². The molecule has 1 atom stereocenters. The van der Waals surface area contributed by atoms with E-state index in [1.54, 1.807) is 34.9 Å². The number of pyridine rings is 1. The number of hydrogen-bond acceptors (Lipinski definition) is 6. The van der Waals surface area contributed by atoms with Gasteiger partial charge in [0.05, 0.1) is 24.2 Å². The average molecular weight is 441 g/mol. The highest BCUT2D eigenvalue weighted by Gasteiger charge is 2.34. The third-order valence-corrected chi connectivity index (χ3v) is 5.82. The van der Waals surface area contributed by atoms with E-state index >= 15 is 0 Å². The fourth-order valence-corrected chi connectivity index (χ4v) is 4.11. The molecule has 3 aromatic rings. The summed E-state index contributed by atoms with van der Waals surface area (Å²) in [6.07, 6.45) is 0.683. The molecular weight excluding hydrogens is 418 g/mol. The van der Waals surface area contributed by atoms with E-state index < -0.39 is 11.9 Å². The highest BCUT2D eigenvalue weighted by molar-refractivity contribution is 5.89. The van der Waals surface area contributed by atoms with Crippen molar-refractivity contribution < 1.29 is 14.3 Å². The summed E-state index contributed by atoms with van der Waals surface area (Å²) < 4.78 is 12.1. The lowest BCUT2D eigenvalue weighted by Gasteiger charge is -2.27. The van der Waals surface area contributed by atoms with Crippen LogP contribution < -0.4 is 16.0 Å². The number of benzene rings is 2. The predicted molar refractivity (Wildman–Crippen MR) is 123 cm³/mol. The number of hydrogen-bond donors (Lipinski definition) is 1. The molecule has 0 radical (unpaired) electrons. The molecule has 0 aliphatic carbocycles. The summed E-state index contributed by atoms with van der Waals surface area (Å²) in [4.78, 5) is 25.5. The number of fused-ring (bicyclic) bond motifs is 1. The molecule has 2 aromatic carbocycles. The van der Waals surface area contributed by atoms with Crippen LogP contribution >= 0.6 is 0 Å². The summed E-state index contributed by atoms with van der Waals surface area (Å²) in [6, 6.07) is 20.4. The second kappa shape index (κ2) is 9.05. The monoisotopic (exact) mass is 441 g/mol. The van der Waals surface area contributed by atoms with E-state index in [0.717, 1.165) is 11.3 Å². The molecule has 1 aromatic heterocycles. The van der Waals surface area contributed by atoms with Gasteiger partial charge in [0.1, 0.15) is 17.4 Å². The van der Waals surface area contributed by atoms with Crippen molar-refractivity contribution in [2.24, 2.45) is 5.73 Å². The van der Waals surface area contributed by atoms with Gasteiger partial charge in [-0.25, -0.2) is 4.79 Å². The zero-order valence-electron chi connectivity index (χ0n) is 18.4. The van der Waals surface area contributed by atoms with Crippen molar-refractivity contribution in [1.82, 2.24) is 4.57 Å². The maximum absolute atomic E-state index is 13.7. The van der Waals surface area contributed by atoms with Gasteiger partial charge in [0, 0.05) is 18.3 Å². The zero-order valence-corrected chi connectivity index (χ0v) is 18.4. The van der Waals surface area contributed by atoms with Crippen LogP contribution in [0.1, 0.15) is 38.7 Å². The van der Waals surface area contributed by atoms with Crippen molar-refractivity contribution in [2.75, 3.05) is 7.11 Å². The van der Waals surface area contributed by atoms with Gasteiger partial charge in [0.2, 0.25) is 5.88 Å². The molecule has 7 nitrogen and oxygen atoms in total. The quantitative estimate of drug-likeness (QED) is 0.608. The Labute approximate surface area is 191 Å². The molecule has 0 saturated heterocycles. The van der Waals surface area contributed by atoms with Gasteiger partial charge in [-0.2, -0.15) is 5.26 Å². The van der Waals surface area contributed by atoms with Crippen molar-refractivity contribution in [3.63, 3.8) is 0 Å². The molecule has 4 rings (SSSR count). The summed E-state index contributed by atoms with van der Waals surface area (Å²) in [7, 11) is 1.31. The maximum Gasteiger partial charge on any atom is 0.337 e. The Morgan fingerprint density at radius 1 is 1.18 bits per heavy atom. The number of rotatable bonds is 5. The molecule has 33 heavy (non-hydrogen) atoms. The Kier molecular flexibility index (Phi) is 6.01. The van der Waals surface area contributed by atoms with Gasteiger partial charge < -0.3 is 19.8 Å². The van der Waals surface area contributed by atoms with E-state index in [0.29, 0.717) is 35.4 Å². The average Bonchev–Trinajstić information content (AvgIpc) is 2.83. The number of aryl methyl sites for hydroxylation is 2. The Bertz CT molecular complexity index is 1330. The highest BCUT2D eigenvalue weighted by atomic mass is 16.5. The molecule has 0 spiro atoms. The fraction of sp³-hybridized carbons (Fsp3) is 0.192. The fourth-order valence-electron chi connectivity index (χ4n) is 4.11. The normalized spacial score (nSPS) is 14.8. The van der Waals surface area contributed by atoms with Crippen LogP contribution in [0.25, 0.3) is 0 Å². The topological polar surface area (TPSA) is 107 Å². The van der Waals surface area contributed by atoms with Gasteiger partial charge >= 0.3 is 5.97 Å². The van der Waals surface area contributed by atoms with Crippen LogP contribution in [-0.4, -0.2) is 17.6 Å². The number of nitrogens with zero attached hydrogens (tertiary/aromatic N) is 2. The van der Waals surface area contributed by atoms with E-state index in [1.165, 1.54) is 7.11 Å². The molecule has 0 bridgehead atoms. The van der Waals surface area contributed by atoms with Crippen LogP contribution in [0.3, 0.4) is 0 Å². The van der Waals surface area contributed by atoms with Crippen LogP contribution in [0.5, 0.6) is 5.75 Å². The molecule has 0 amide bonds. The number of carbonyl (C=O) groups excluding carboxylic acids is 1. The molecular formula is C26H23N3O4. The molecule has 2 heterocycles. The number of allylic oxidation sites excluding steroid dienone is 1. The number of esters is 1. The third-order valence-electron chi connectivity index (χ3n) is 5.82. The zero-order chi connectivity index (χ0) is 23.5. The third kappa shape index (κ3) is 4.11. The first kappa shape index (κ1) is 21.9. The van der Waals surface area contributed by atoms with E-state index in [2.05, 4.69) is 6.07 Å². The molecule has 1 aliphatic rings. The standard InChI is InChI=1S/C26H23N3O4/c1-16-14-21-23(25(30)29(16)13-12-17-6-4-3-5-7-17)22(20(15-27)24(28)33-21)18-8-10-19(11-9-18)26(31)32-2/h3-11,14,22H,12-13,28H2,1-2H3. The first-order valence-electron chi connectivity index (χ1n) is 10.5. The van der Waals surface area contributed by atoms with E-state index in [4.69, 9.17) is 15.2 Å². The number of nitriles is 1. The molecule has 2 N–H and O–H groups in total. The predicted octanol–water partition coefficient (Wildman–Crippen LogP) is 3.40. The SMILES string of the molecule is COC(=O)c1ccc(C2C(C#N)=C(N)Oc3cc(C)n(CCc4ccccc4)c(=O)c32)cc1. The number of nitrogens with two attached hydrogens (primary N) is 1. The Morgan fingerprint density at radius 3 is 2.52 bits per heavy atom. The van der Waals surface area contributed by atoms with Gasteiger partial charge in [-0.1, -0.05) is 42.5 Å². The first-order chi connectivity index (χ1) is 15.9. The van der Waals surface area contributed by atoms with Crippen LogP contribution in [0.4, 0.5) is 0 Å². The van der Waals surface area contributed by atoms with Crippen LogP contribution in [0.15, 0.2) is 76.9 Å². The summed E-state index contributed by atoms with van der Waals surface area (Å²) in [5.74, 6) is -0.871. The first-order valence-corrected chi connectivity index (χ1v) is 10.5. The van der Waals surface area contributed by atoms with Gasteiger partial charge in [-0.05, 0) is 36.6 Å². The van der Waals surface area contributed by atoms with E-state index in [1.807, 2.05) is 37.3 Å². The Morgan fingerprint density at radius 2 is 1.88 bits per heavy atom. The lowest BCUT2D eigenvalue weighted by molar-refractivity contribution is 0.0600. The van der Waals surface area contributed by atoms with Crippen LogP contribution in [0.2, 0.25) is 0 Å². The summed E-state index contributed by atoms with van der Waals surface area (Å²) in [5, 5.41) is 9.82. The lowest BCUT2D eigenvalue weighted by atomic mass is 9.83. The van der Waals surface area contributed by atoms with E-state index in [-0.39, 0.29) is 17.0 Å². The molecule has 166 valence electrons. The van der Waals surface area contributed by atoms with E-state index in [9.17, 15) is 14.9 Å². The van der Waals surface area contributed by atoms with Crippen molar-refractivity contribution in [2.45, 2.75) is 25.8 Å². The number of ether oxygens (including phenoxy) is 2. The summed E-state index contributed by atoms with van der Waals surface area (Å²) >= 11 is 0. The second-order valence-electron chi connectivity index (χ2n) is 7.79. The summed E-state index contributed by atoms with van der Waals surface area (Å²) in [6.45, 7) is 2.33. The summed E-state index contributed by atoms with van der Waals surface area (Å²) in [5.41, 5.74) is 9.21. The van der Waals surface area contributed by atoms with Crippen molar-refractivity contribution in [3.05, 3.63) is 110 Å². The van der Waals surface area contributed by atoms with Gasteiger partial charge in [0.25, 0.3) is 5.56 Å². The molecule has 0 fully saturated rings. The minimum atomic E-state index is -0.707. The minimum absolute atomic E-state index is 0.0344. The number of aromatic nitrogens is 1. The van der Waals surface area contributed by atoms with Gasteiger partial charge in [0.15, 0.2) is 0 Å². The van der Waals surface area contributed by atoms with Crippen LogP contribution in [-0.2, 0) is 17.7 Å². The maximum atomic E-state index is 13.7. The van der Waals surface area contributed by atoms with Crippen molar-refractivity contribution >= 4 is 5.97 Å². The molecule has 0 saturated carbocycles. The highest BCUT2D eigenvalue weighted by Crippen LogP contribution is 2.40. The largest absolute Gasteiger partial charge is 0.465 e. The lowest BCUT2D eigenvalue weighted by Crippen LogP contribution is -2.33. The van der Waals surface area contributed by atoms with Gasteiger partial charge in [-0.15, -0.1) is 0 Å². The molecule has 1 aliphatic heterocycles. The van der Waals surface area contributed by atoms with Crippen molar-refractivity contribution in [1.29, 1.82) is 5.26 Å². The second-order valence-corrected chi connectivity index (χ2v) is 7.79.